The Kier molecular flexibility index (Phi) is 6.13. The zero-order valence-electron chi connectivity index (χ0n) is 12.9. The van der Waals surface area contributed by atoms with Crippen LogP contribution in [-0.2, 0) is 4.74 Å². The Balaban J connectivity index is 1.79. The number of aryl methyl sites for hydroxylation is 2. The Morgan fingerprint density at radius 2 is 1.78 bits per heavy atom. The first-order valence-corrected chi connectivity index (χ1v) is 7.81. The molecule has 0 aliphatic heterocycles. The summed E-state index contributed by atoms with van der Waals surface area (Å²) in [7, 11) is 0. The minimum Gasteiger partial charge on any atom is -0.488 e. The normalized spacial score (nSPS) is 10.3. The SMILES string of the molecule is Cc1cccc(C)c1NC(=O)OCCOc1ccc(Cl)cc1Cl. The molecule has 0 unspecified atom stereocenters. The van der Waals surface area contributed by atoms with E-state index in [9.17, 15) is 4.79 Å². The van der Waals surface area contributed by atoms with Gasteiger partial charge in [-0.1, -0.05) is 41.4 Å². The molecule has 0 aliphatic carbocycles. The molecule has 6 heteroatoms. The molecule has 0 fully saturated rings. The Morgan fingerprint density at radius 3 is 2.43 bits per heavy atom. The molecular weight excluding hydrogens is 337 g/mol. The highest BCUT2D eigenvalue weighted by Crippen LogP contribution is 2.27. The van der Waals surface area contributed by atoms with Gasteiger partial charge in [-0.3, -0.25) is 5.32 Å². The highest BCUT2D eigenvalue weighted by molar-refractivity contribution is 6.35. The molecule has 2 aromatic rings. The molecule has 4 nitrogen and oxygen atoms in total. The molecule has 0 bridgehead atoms. The number of anilines is 1. The van der Waals surface area contributed by atoms with Crippen molar-refractivity contribution in [2.45, 2.75) is 13.8 Å². The number of benzene rings is 2. The zero-order chi connectivity index (χ0) is 16.8. The van der Waals surface area contributed by atoms with E-state index in [0.717, 1.165) is 16.8 Å². The minimum absolute atomic E-state index is 0.107. The third-order valence-corrected chi connectivity index (χ3v) is 3.71. The van der Waals surface area contributed by atoms with E-state index in [1.54, 1.807) is 18.2 Å². The van der Waals surface area contributed by atoms with Gasteiger partial charge in [0, 0.05) is 10.7 Å². The fraction of sp³-hybridized carbons (Fsp3) is 0.235. The molecule has 0 atom stereocenters. The van der Waals surface area contributed by atoms with E-state index < -0.39 is 6.09 Å². The average molecular weight is 354 g/mol. The molecule has 2 rings (SSSR count). The van der Waals surface area contributed by atoms with Gasteiger partial charge in [-0.15, -0.1) is 0 Å². The van der Waals surface area contributed by atoms with E-state index in [0.29, 0.717) is 15.8 Å². The van der Waals surface area contributed by atoms with Gasteiger partial charge in [0.05, 0.1) is 5.02 Å². The predicted molar refractivity (Wildman–Crippen MR) is 92.8 cm³/mol. The number of amides is 1. The van der Waals surface area contributed by atoms with E-state index in [2.05, 4.69) is 5.32 Å². The lowest BCUT2D eigenvalue weighted by molar-refractivity contribution is 0.138. The second kappa shape index (κ2) is 8.09. The van der Waals surface area contributed by atoms with E-state index in [4.69, 9.17) is 32.7 Å². The number of hydrogen-bond donors (Lipinski definition) is 1. The Morgan fingerprint density at radius 1 is 1.09 bits per heavy atom. The van der Waals surface area contributed by atoms with Gasteiger partial charge in [-0.2, -0.15) is 0 Å². The van der Waals surface area contributed by atoms with Gasteiger partial charge in [0.1, 0.15) is 19.0 Å². The summed E-state index contributed by atoms with van der Waals surface area (Å²) in [6.07, 6.45) is -0.520. The monoisotopic (exact) mass is 353 g/mol. The van der Waals surface area contributed by atoms with Crippen LogP contribution in [0.15, 0.2) is 36.4 Å². The number of rotatable bonds is 5. The van der Waals surface area contributed by atoms with Crippen molar-refractivity contribution < 1.29 is 14.3 Å². The van der Waals surface area contributed by atoms with E-state index in [1.165, 1.54) is 0 Å². The van der Waals surface area contributed by atoms with Crippen molar-refractivity contribution in [2.24, 2.45) is 0 Å². The van der Waals surface area contributed by atoms with Crippen LogP contribution in [0.5, 0.6) is 5.75 Å². The maximum Gasteiger partial charge on any atom is 0.411 e. The molecule has 0 radical (unpaired) electrons. The number of para-hydroxylation sites is 1. The van der Waals surface area contributed by atoms with E-state index in [1.807, 2.05) is 32.0 Å². The van der Waals surface area contributed by atoms with Crippen LogP contribution in [0.2, 0.25) is 10.0 Å². The Bertz CT molecular complexity index is 684. The largest absolute Gasteiger partial charge is 0.488 e. The molecule has 0 spiro atoms. The van der Waals surface area contributed by atoms with E-state index in [-0.39, 0.29) is 13.2 Å². The topological polar surface area (TPSA) is 47.6 Å². The van der Waals surface area contributed by atoms with Crippen LogP contribution in [0.4, 0.5) is 10.5 Å². The molecule has 1 amide bonds. The summed E-state index contributed by atoms with van der Waals surface area (Å²) < 4.78 is 10.5. The van der Waals surface area contributed by atoms with Crippen LogP contribution < -0.4 is 10.1 Å². The van der Waals surface area contributed by atoms with E-state index >= 15 is 0 Å². The summed E-state index contributed by atoms with van der Waals surface area (Å²) in [5, 5.41) is 3.68. The lowest BCUT2D eigenvalue weighted by Gasteiger charge is -2.12. The van der Waals surface area contributed by atoms with Crippen LogP contribution in [0.3, 0.4) is 0 Å². The van der Waals surface area contributed by atoms with Crippen molar-refractivity contribution in [1.82, 2.24) is 0 Å². The van der Waals surface area contributed by atoms with Crippen LogP contribution >= 0.6 is 23.2 Å². The third-order valence-electron chi connectivity index (χ3n) is 3.18. The van der Waals surface area contributed by atoms with Crippen LogP contribution in [0.1, 0.15) is 11.1 Å². The summed E-state index contributed by atoms with van der Waals surface area (Å²) in [5.74, 6) is 0.495. The standard InChI is InChI=1S/C17H17Cl2NO3/c1-11-4-3-5-12(2)16(11)20-17(21)23-9-8-22-15-7-6-13(18)10-14(15)19/h3-7,10H,8-9H2,1-2H3,(H,20,21). The summed E-state index contributed by atoms with van der Waals surface area (Å²) in [5.41, 5.74) is 2.72. The maximum absolute atomic E-state index is 11.8. The van der Waals surface area contributed by atoms with Crippen molar-refractivity contribution in [3.05, 3.63) is 57.6 Å². The van der Waals surface area contributed by atoms with Gasteiger partial charge in [-0.25, -0.2) is 4.79 Å². The second-order valence-electron chi connectivity index (χ2n) is 4.95. The molecule has 2 aromatic carbocycles. The van der Waals surface area contributed by atoms with Gasteiger partial charge in [0.25, 0.3) is 0 Å². The first-order chi connectivity index (χ1) is 11.0. The maximum atomic E-state index is 11.8. The van der Waals surface area contributed by atoms with Crippen molar-refractivity contribution in [3.8, 4) is 5.75 Å². The summed E-state index contributed by atoms with van der Waals surface area (Å²) in [4.78, 5) is 11.8. The fourth-order valence-electron chi connectivity index (χ4n) is 2.03. The molecule has 1 N–H and O–H groups in total. The van der Waals surface area contributed by atoms with Crippen molar-refractivity contribution in [3.63, 3.8) is 0 Å². The lowest BCUT2D eigenvalue weighted by atomic mass is 10.1. The van der Waals surface area contributed by atoms with Gasteiger partial charge in [0.2, 0.25) is 0 Å². The highest BCUT2D eigenvalue weighted by atomic mass is 35.5. The molecule has 0 aromatic heterocycles. The summed E-state index contributed by atoms with van der Waals surface area (Å²) >= 11 is 11.8. The summed E-state index contributed by atoms with van der Waals surface area (Å²) in [6.45, 7) is 4.15. The highest BCUT2D eigenvalue weighted by Gasteiger charge is 2.08. The number of nitrogens with one attached hydrogen (secondary N) is 1. The smallest absolute Gasteiger partial charge is 0.411 e. The molecule has 0 saturated heterocycles. The van der Waals surface area contributed by atoms with Crippen molar-refractivity contribution in [2.75, 3.05) is 18.5 Å². The number of carbonyl (C=O) groups excluding carboxylic acids is 1. The fourth-order valence-corrected chi connectivity index (χ4v) is 2.49. The average Bonchev–Trinajstić information content (AvgIpc) is 2.49. The third kappa shape index (κ3) is 5.05. The van der Waals surface area contributed by atoms with Crippen LogP contribution in [-0.4, -0.2) is 19.3 Å². The molecule has 0 aliphatic rings. The zero-order valence-corrected chi connectivity index (χ0v) is 14.4. The first kappa shape index (κ1) is 17.4. The molecule has 0 saturated carbocycles. The number of hydrogen-bond acceptors (Lipinski definition) is 3. The first-order valence-electron chi connectivity index (χ1n) is 7.05. The van der Waals surface area contributed by atoms with Crippen LogP contribution in [0, 0.1) is 13.8 Å². The quantitative estimate of drug-likeness (QED) is 0.747. The Labute approximate surface area is 145 Å². The predicted octanol–water partition coefficient (Wildman–Crippen LogP) is 5.24. The molecular formula is C17H17Cl2NO3. The minimum atomic E-state index is -0.520. The summed E-state index contributed by atoms with van der Waals surface area (Å²) in [6, 6.07) is 10.7. The van der Waals surface area contributed by atoms with Crippen molar-refractivity contribution in [1.29, 1.82) is 0 Å². The Hall–Kier alpha value is -1.91. The van der Waals surface area contributed by atoms with Gasteiger partial charge in [-0.05, 0) is 43.2 Å². The van der Waals surface area contributed by atoms with Gasteiger partial charge < -0.3 is 9.47 Å². The molecule has 0 heterocycles. The van der Waals surface area contributed by atoms with Gasteiger partial charge in [0.15, 0.2) is 0 Å². The van der Waals surface area contributed by atoms with Crippen LogP contribution in [0.25, 0.3) is 0 Å². The molecule has 23 heavy (non-hydrogen) atoms. The van der Waals surface area contributed by atoms with Gasteiger partial charge >= 0.3 is 6.09 Å². The number of ether oxygens (including phenoxy) is 2. The molecule has 122 valence electrons. The second-order valence-corrected chi connectivity index (χ2v) is 5.79. The lowest BCUT2D eigenvalue weighted by Crippen LogP contribution is -2.18. The van der Waals surface area contributed by atoms with Crippen molar-refractivity contribution >= 4 is 35.0 Å². The number of halogens is 2. The number of carbonyl (C=O) groups is 1.